The molecule has 1 aliphatic rings. The van der Waals surface area contributed by atoms with Crippen LogP contribution >= 0.6 is 11.8 Å². The maximum Gasteiger partial charge on any atom is 0.187 e. The van der Waals surface area contributed by atoms with Crippen molar-refractivity contribution in [2.24, 2.45) is 11.7 Å². The summed E-state index contributed by atoms with van der Waals surface area (Å²) in [4.78, 5) is 8.23. The fourth-order valence-corrected chi connectivity index (χ4v) is 2.47. The molecule has 2 atom stereocenters. The maximum absolute atomic E-state index is 9.28. The van der Waals surface area contributed by atoms with Crippen LogP contribution in [0.4, 0.5) is 0 Å². The van der Waals surface area contributed by atoms with E-state index in [1.54, 1.807) is 18.5 Å². The van der Waals surface area contributed by atoms with E-state index in [-0.39, 0.29) is 17.9 Å². The van der Waals surface area contributed by atoms with E-state index in [1.807, 2.05) is 0 Å². The van der Waals surface area contributed by atoms with Gasteiger partial charge in [-0.25, -0.2) is 9.97 Å². The number of rotatable bonds is 5. The molecule has 0 bridgehead atoms. The molecule has 2 unspecified atom stereocenters. The van der Waals surface area contributed by atoms with Gasteiger partial charge in [0.05, 0.1) is 11.9 Å². The smallest absolute Gasteiger partial charge is 0.187 e. The van der Waals surface area contributed by atoms with Crippen molar-refractivity contribution in [3.63, 3.8) is 0 Å². The second-order valence-electron chi connectivity index (χ2n) is 3.79. The first kappa shape index (κ1) is 10.9. The minimum atomic E-state index is 0.0138. The Hall–Kier alpha value is -0.650. The fourth-order valence-electron chi connectivity index (χ4n) is 1.50. The Labute approximate surface area is 93.3 Å². The van der Waals surface area contributed by atoms with Gasteiger partial charge in [0.25, 0.3) is 0 Å². The average Bonchev–Trinajstić information content (AvgIpc) is 3.10. The quantitative estimate of drug-likeness (QED) is 0.569. The molecule has 0 amide bonds. The molecular formula is C10H15N3OS. The van der Waals surface area contributed by atoms with Crippen molar-refractivity contribution in [1.82, 2.24) is 9.97 Å². The van der Waals surface area contributed by atoms with Gasteiger partial charge in [0.2, 0.25) is 0 Å². The Kier molecular flexibility index (Phi) is 3.56. The summed E-state index contributed by atoms with van der Waals surface area (Å²) in [5.41, 5.74) is 6.05. The first-order valence-corrected chi connectivity index (χ1v) is 5.99. The van der Waals surface area contributed by atoms with Gasteiger partial charge in [-0.2, -0.15) is 0 Å². The highest BCUT2D eigenvalue weighted by molar-refractivity contribution is 7.99. The Morgan fingerprint density at radius 3 is 2.67 bits per heavy atom. The Morgan fingerprint density at radius 2 is 2.13 bits per heavy atom. The number of hydrogen-bond donors (Lipinski definition) is 2. The van der Waals surface area contributed by atoms with Crippen molar-refractivity contribution in [3.05, 3.63) is 18.5 Å². The molecule has 1 aliphatic carbocycles. The Bertz CT molecular complexity index is 305. The minimum Gasteiger partial charge on any atom is -0.395 e. The molecule has 1 fully saturated rings. The van der Waals surface area contributed by atoms with Crippen LogP contribution in [0.1, 0.15) is 12.8 Å². The highest BCUT2D eigenvalue weighted by atomic mass is 32.2. The van der Waals surface area contributed by atoms with Crippen LogP contribution in [-0.2, 0) is 0 Å². The average molecular weight is 225 g/mol. The van der Waals surface area contributed by atoms with Gasteiger partial charge in [-0.3, -0.25) is 0 Å². The van der Waals surface area contributed by atoms with E-state index in [0.29, 0.717) is 11.1 Å². The number of nitrogens with zero attached hydrogens (tertiary/aromatic N) is 2. The van der Waals surface area contributed by atoms with E-state index >= 15 is 0 Å². The molecule has 5 heteroatoms. The van der Waals surface area contributed by atoms with Crippen molar-refractivity contribution in [2.45, 2.75) is 29.3 Å². The molecule has 2 rings (SSSR count). The number of nitrogens with two attached hydrogens (primary N) is 1. The third-order valence-electron chi connectivity index (χ3n) is 2.57. The summed E-state index contributed by atoms with van der Waals surface area (Å²) in [6.07, 6.45) is 5.78. The van der Waals surface area contributed by atoms with Gasteiger partial charge in [0.1, 0.15) is 0 Å². The number of hydrogen-bond acceptors (Lipinski definition) is 5. The molecule has 3 N–H and O–H groups in total. The summed E-state index contributed by atoms with van der Waals surface area (Å²) < 4.78 is 0. The summed E-state index contributed by atoms with van der Waals surface area (Å²) in [6.45, 7) is 0.0839. The van der Waals surface area contributed by atoms with Crippen LogP contribution in [0.2, 0.25) is 0 Å². The van der Waals surface area contributed by atoms with E-state index in [9.17, 15) is 5.11 Å². The van der Waals surface area contributed by atoms with Crippen molar-refractivity contribution >= 4 is 11.8 Å². The zero-order valence-corrected chi connectivity index (χ0v) is 9.23. The van der Waals surface area contributed by atoms with Crippen LogP contribution in [0, 0.1) is 5.92 Å². The lowest BCUT2D eigenvalue weighted by molar-refractivity contribution is 0.277. The molecule has 15 heavy (non-hydrogen) atoms. The van der Waals surface area contributed by atoms with Crippen LogP contribution in [-0.4, -0.2) is 33.0 Å². The van der Waals surface area contributed by atoms with E-state index in [2.05, 4.69) is 9.97 Å². The number of aliphatic hydroxyl groups is 1. The van der Waals surface area contributed by atoms with Crippen molar-refractivity contribution in [2.75, 3.05) is 6.61 Å². The monoisotopic (exact) mass is 225 g/mol. The van der Waals surface area contributed by atoms with E-state index in [4.69, 9.17) is 5.73 Å². The third-order valence-corrected chi connectivity index (χ3v) is 3.76. The number of aliphatic hydroxyl groups excluding tert-OH is 1. The van der Waals surface area contributed by atoms with Crippen LogP contribution < -0.4 is 5.73 Å². The second-order valence-corrected chi connectivity index (χ2v) is 4.99. The standard InChI is InChI=1S/C10H15N3OS/c11-9(7-2-3-7)8(6-14)15-10-12-4-1-5-13-10/h1,4-5,7-9,14H,2-3,6,11H2. The highest BCUT2D eigenvalue weighted by Gasteiger charge is 2.34. The second kappa shape index (κ2) is 4.92. The zero-order chi connectivity index (χ0) is 10.7. The van der Waals surface area contributed by atoms with Crippen LogP contribution in [0.25, 0.3) is 0 Å². The topological polar surface area (TPSA) is 72.0 Å². The Morgan fingerprint density at radius 1 is 1.47 bits per heavy atom. The van der Waals surface area contributed by atoms with Crippen LogP contribution in [0.5, 0.6) is 0 Å². The molecule has 1 aromatic rings. The molecule has 1 saturated carbocycles. The fraction of sp³-hybridized carbons (Fsp3) is 0.600. The third kappa shape index (κ3) is 2.90. The molecule has 0 spiro atoms. The first-order chi connectivity index (χ1) is 7.31. The molecular weight excluding hydrogens is 210 g/mol. The highest BCUT2D eigenvalue weighted by Crippen LogP contribution is 2.36. The summed E-state index contributed by atoms with van der Waals surface area (Å²) >= 11 is 1.47. The van der Waals surface area contributed by atoms with Gasteiger partial charge in [0.15, 0.2) is 5.16 Å². The summed E-state index contributed by atoms with van der Waals surface area (Å²) in [5, 5.41) is 9.98. The SMILES string of the molecule is NC(C1CC1)C(CO)Sc1ncccn1. The van der Waals surface area contributed by atoms with Crippen molar-refractivity contribution in [1.29, 1.82) is 0 Å². The van der Waals surface area contributed by atoms with Gasteiger partial charge in [-0.15, -0.1) is 0 Å². The number of aromatic nitrogens is 2. The van der Waals surface area contributed by atoms with Crippen molar-refractivity contribution < 1.29 is 5.11 Å². The summed E-state index contributed by atoms with van der Waals surface area (Å²) in [6, 6.07) is 1.84. The lowest BCUT2D eigenvalue weighted by Crippen LogP contribution is -2.37. The Balaban J connectivity index is 1.95. The molecule has 1 heterocycles. The molecule has 1 aromatic heterocycles. The van der Waals surface area contributed by atoms with Gasteiger partial charge in [-0.1, -0.05) is 11.8 Å². The van der Waals surface area contributed by atoms with Crippen molar-refractivity contribution in [3.8, 4) is 0 Å². The van der Waals surface area contributed by atoms with Gasteiger partial charge < -0.3 is 10.8 Å². The zero-order valence-electron chi connectivity index (χ0n) is 8.41. The van der Waals surface area contributed by atoms with Gasteiger partial charge in [0, 0.05) is 18.4 Å². The largest absolute Gasteiger partial charge is 0.395 e. The summed E-state index contributed by atoms with van der Waals surface area (Å²) in [5.74, 6) is 0.582. The molecule has 4 nitrogen and oxygen atoms in total. The van der Waals surface area contributed by atoms with Gasteiger partial charge in [-0.05, 0) is 24.8 Å². The van der Waals surface area contributed by atoms with E-state index in [0.717, 1.165) is 0 Å². The van der Waals surface area contributed by atoms with Crippen LogP contribution in [0.15, 0.2) is 23.6 Å². The van der Waals surface area contributed by atoms with E-state index < -0.39 is 0 Å². The molecule has 0 radical (unpaired) electrons. The van der Waals surface area contributed by atoms with Crippen LogP contribution in [0.3, 0.4) is 0 Å². The predicted octanol–water partition coefficient (Wildman–Crippen LogP) is 0.667. The molecule has 82 valence electrons. The van der Waals surface area contributed by atoms with E-state index in [1.165, 1.54) is 24.6 Å². The lowest BCUT2D eigenvalue weighted by Gasteiger charge is -2.19. The van der Waals surface area contributed by atoms with Gasteiger partial charge >= 0.3 is 0 Å². The predicted molar refractivity (Wildman–Crippen MR) is 59.5 cm³/mol. The number of thioether (sulfide) groups is 1. The lowest BCUT2D eigenvalue weighted by atomic mass is 10.1. The first-order valence-electron chi connectivity index (χ1n) is 5.11. The molecule has 0 saturated heterocycles. The minimum absolute atomic E-state index is 0.0138. The maximum atomic E-state index is 9.28. The molecule has 0 aromatic carbocycles. The molecule has 0 aliphatic heterocycles. The normalized spacial score (nSPS) is 19.9. The summed E-state index contributed by atoms with van der Waals surface area (Å²) in [7, 11) is 0.